The number of nitrogens with one attached hydrogen (secondary N) is 1. The van der Waals surface area contributed by atoms with Crippen molar-refractivity contribution in [3.8, 4) is 12.3 Å². The molecular weight excluding hydrogens is 254 g/mol. The molecule has 1 fully saturated rings. The van der Waals surface area contributed by atoms with Crippen molar-refractivity contribution in [2.24, 2.45) is 0 Å². The molecule has 0 radical (unpaired) electrons. The molecule has 0 aromatic heterocycles. The summed E-state index contributed by atoms with van der Waals surface area (Å²) in [5.74, 6) is 2.67. The number of terminal acetylenes is 1. The van der Waals surface area contributed by atoms with E-state index in [1.54, 1.807) is 19.1 Å². The second kappa shape index (κ2) is 6.40. The Morgan fingerprint density at radius 1 is 1.50 bits per heavy atom. The van der Waals surface area contributed by atoms with E-state index in [9.17, 15) is 10.1 Å². The number of nitrogens with zero attached hydrogens (tertiary/aromatic N) is 2. The number of nitro benzene ring substituents is 1. The highest BCUT2D eigenvalue weighted by Gasteiger charge is 2.19. The lowest BCUT2D eigenvalue weighted by atomic mass is 10.0. The Labute approximate surface area is 119 Å². The van der Waals surface area contributed by atoms with E-state index < -0.39 is 0 Å². The first-order valence-electron chi connectivity index (χ1n) is 6.77. The Balaban J connectivity index is 1.93. The third-order valence-electron chi connectivity index (χ3n) is 3.67. The molecule has 1 saturated heterocycles. The smallest absolute Gasteiger partial charge is 0.272 e. The van der Waals surface area contributed by atoms with Crippen LogP contribution in [0.5, 0.6) is 0 Å². The highest BCUT2D eigenvalue weighted by Crippen LogP contribution is 2.23. The fourth-order valence-electron chi connectivity index (χ4n) is 2.55. The van der Waals surface area contributed by atoms with E-state index in [-0.39, 0.29) is 10.6 Å². The molecule has 20 heavy (non-hydrogen) atoms. The molecule has 0 bridgehead atoms. The first-order chi connectivity index (χ1) is 9.60. The molecule has 0 unspecified atom stereocenters. The maximum absolute atomic E-state index is 10.8. The number of aryl methyl sites for hydroxylation is 1. The van der Waals surface area contributed by atoms with Crippen LogP contribution in [0.3, 0.4) is 0 Å². The summed E-state index contributed by atoms with van der Waals surface area (Å²) in [6, 6.07) is 5.58. The topological polar surface area (TPSA) is 58.4 Å². The Morgan fingerprint density at radius 3 is 2.75 bits per heavy atom. The second-order valence-corrected chi connectivity index (χ2v) is 5.16. The van der Waals surface area contributed by atoms with Crippen molar-refractivity contribution in [3.05, 3.63) is 33.9 Å². The van der Waals surface area contributed by atoms with E-state index in [1.807, 2.05) is 6.07 Å². The Bertz CT molecular complexity index is 528. The Morgan fingerprint density at radius 2 is 2.20 bits per heavy atom. The minimum Gasteiger partial charge on any atom is -0.382 e. The van der Waals surface area contributed by atoms with Crippen LogP contribution in [0.15, 0.2) is 18.2 Å². The zero-order chi connectivity index (χ0) is 14.5. The molecule has 5 nitrogen and oxygen atoms in total. The lowest BCUT2D eigenvalue weighted by molar-refractivity contribution is -0.385. The van der Waals surface area contributed by atoms with E-state index in [2.05, 4.69) is 16.1 Å². The fourth-order valence-corrected chi connectivity index (χ4v) is 2.55. The highest BCUT2D eigenvalue weighted by molar-refractivity contribution is 5.54. The number of piperidine rings is 1. The SMILES string of the molecule is C#CCN1CCC(Nc2ccc([N+](=O)[O-])c(C)c2)CC1. The van der Waals surface area contributed by atoms with Gasteiger partial charge in [0.1, 0.15) is 0 Å². The van der Waals surface area contributed by atoms with Crippen LogP contribution >= 0.6 is 0 Å². The van der Waals surface area contributed by atoms with Gasteiger partial charge in [-0.05, 0) is 31.9 Å². The third kappa shape index (κ3) is 3.49. The van der Waals surface area contributed by atoms with E-state index in [1.165, 1.54) is 0 Å². The van der Waals surface area contributed by atoms with Crippen LogP contribution in [-0.4, -0.2) is 35.5 Å². The zero-order valence-electron chi connectivity index (χ0n) is 11.6. The molecule has 106 valence electrons. The molecule has 0 saturated carbocycles. The molecular formula is C15H19N3O2. The van der Waals surface area contributed by atoms with Gasteiger partial charge in [-0.15, -0.1) is 6.42 Å². The van der Waals surface area contributed by atoms with E-state index >= 15 is 0 Å². The van der Waals surface area contributed by atoms with Gasteiger partial charge in [-0.25, -0.2) is 0 Å². The van der Waals surface area contributed by atoms with Gasteiger partial charge in [-0.2, -0.15) is 0 Å². The van der Waals surface area contributed by atoms with Crippen molar-refractivity contribution in [2.75, 3.05) is 25.0 Å². The van der Waals surface area contributed by atoms with Gasteiger partial charge in [0.2, 0.25) is 0 Å². The first-order valence-corrected chi connectivity index (χ1v) is 6.77. The van der Waals surface area contributed by atoms with Gasteiger partial charge < -0.3 is 5.32 Å². The molecule has 1 aromatic carbocycles. The maximum Gasteiger partial charge on any atom is 0.272 e. The number of hydrogen-bond donors (Lipinski definition) is 1. The quantitative estimate of drug-likeness (QED) is 0.520. The predicted molar refractivity (Wildman–Crippen MR) is 79.8 cm³/mol. The van der Waals surface area contributed by atoms with Crippen LogP contribution in [0.4, 0.5) is 11.4 Å². The normalized spacial score (nSPS) is 16.6. The standard InChI is InChI=1S/C15H19N3O2/c1-3-8-17-9-6-13(7-10-17)16-14-4-5-15(18(19)20)12(2)11-14/h1,4-5,11,13,16H,6-10H2,2H3. The van der Waals surface area contributed by atoms with Crippen molar-refractivity contribution in [3.63, 3.8) is 0 Å². The van der Waals surface area contributed by atoms with Crippen LogP contribution in [0.1, 0.15) is 18.4 Å². The average Bonchev–Trinajstić information content (AvgIpc) is 2.41. The molecule has 5 heteroatoms. The van der Waals surface area contributed by atoms with Gasteiger partial charge in [-0.1, -0.05) is 5.92 Å². The number of anilines is 1. The van der Waals surface area contributed by atoms with Crippen LogP contribution in [0.2, 0.25) is 0 Å². The van der Waals surface area contributed by atoms with Crippen molar-refractivity contribution in [1.29, 1.82) is 0 Å². The summed E-state index contributed by atoms with van der Waals surface area (Å²) >= 11 is 0. The summed E-state index contributed by atoms with van der Waals surface area (Å²) in [5, 5.41) is 14.2. The largest absolute Gasteiger partial charge is 0.382 e. The van der Waals surface area contributed by atoms with Crippen molar-refractivity contribution in [2.45, 2.75) is 25.8 Å². The molecule has 0 spiro atoms. The van der Waals surface area contributed by atoms with Gasteiger partial charge in [0.25, 0.3) is 5.69 Å². The first kappa shape index (κ1) is 14.4. The molecule has 0 amide bonds. The minimum absolute atomic E-state index is 0.166. The van der Waals surface area contributed by atoms with Gasteiger partial charge in [0.15, 0.2) is 0 Å². The molecule has 1 aromatic rings. The van der Waals surface area contributed by atoms with Gasteiger partial charge in [-0.3, -0.25) is 15.0 Å². The van der Waals surface area contributed by atoms with Gasteiger partial charge >= 0.3 is 0 Å². The monoisotopic (exact) mass is 273 g/mol. The molecule has 1 aliphatic heterocycles. The molecule has 1 heterocycles. The maximum atomic E-state index is 10.8. The summed E-state index contributed by atoms with van der Waals surface area (Å²) in [6.45, 7) is 4.46. The Kier molecular flexibility index (Phi) is 4.59. The summed E-state index contributed by atoms with van der Waals surface area (Å²) in [6.07, 6.45) is 7.39. The van der Waals surface area contributed by atoms with Gasteiger partial charge in [0.05, 0.1) is 11.5 Å². The highest BCUT2D eigenvalue weighted by atomic mass is 16.6. The minimum atomic E-state index is -0.350. The molecule has 1 N–H and O–H groups in total. The van der Waals surface area contributed by atoms with Crippen molar-refractivity contribution in [1.82, 2.24) is 4.90 Å². The summed E-state index contributed by atoms with van der Waals surface area (Å²) in [7, 11) is 0. The lowest BCUT2D eigenvalue weighted by Crippen LogP contribution is -2.39. The predicted octanol–water partition coefficient (Wildman–Crippen LogP) is 2.41. The van der Waals surface area contributed by atoms with Crippen LogP contribution in [-0.2, 0) is 0 Å². The number of likely N-dealkylation sites (tertiary alicyclic amines) is 1. The van der Waals surface area contributed by atoms with E-state index in [4.69, 9.17) is 6.42 Å². The molecule has 0 aliphatic carbocycles. The fraction of sp³-hybridized carbons (Fsp3) is 0.467. The summed E-state index contributed by atoms with van der Waals surface area (Å²) in [5.41, 5.74) is 1.80. The van der Waals surface area contributed by atoms with Crippen molar-refractivity contribution >= 4 is 11.4 Å². The van der Waals surface area contributed by atoms with E-state index in [0.29, 0.717) is 18.2 Å². The van der Waals surface area contributed by atoms with Gasteiger partial charge in [0, 0.05) is 36.4 Å². The molecule has 1 aliphatic rings. The Hall–Kier alpha value is -2.06. The molecule has 0 atom stereocenters. The number of hydrogen-bond acceptors (Lipinski definition) is 4. The second-order valence-electron chi connectivity index (χ2n) is 5.16. The summed E-state index contributed by atoms with van der Waals surface area (Å²) < 4.78 is 0. The number of benzene rings is 1. The average molecular weight is 273 g/mol. The van der Waals surface area contributed by atoms with Crippen LogP contribution in [0.25, 0.3) is 0 Å². The van der Waals surface area contributed by atoms with Crippen LogP contribution in [0, 0.1) is 29.4 Å². The van der Waals surface area contributed by atoms with E-state index in [0.717, 1.165) is 31.6 Å². The van der Waals surface area contributed by atoms with Crippen molar-refractivity contribution < 1.29 is 4.92 Å². The van der Waals surface area contributed by atoms with Crippen LogP contribution < -0.4 is 5.32 Å². The number of nitro groups is 1. The lowest BCUT2D eigenvalue weighted by Gasteiger charge is -2.31. The third-order valence-corrected chi connectivity index (χ3v) is 3.67. The summed E-state index contributed by atoms with van der Waals surface area (Å²) in [4.78, 5) is 12.7. The molecule has 2 rings (SSSR count). The number of rotatable bonds is 4. The zero-order valence-corrected chi connectivity index (χ0v) is 11.6.